The highest BCUT2D eigenvalue weighted by Gasteiger charge is 2.26. The minimum Gasteiger partial charge on any atom is -0.458 e. The Labute approximate surface area is 160 Å². The molecule has 8 heteroatoms. The van der Waals surface area contributed by atoms with Crippen molar-refractivity contribution in [2.45, 2.75) is 19.5 Å². The topological polar surface area (TPSA) is 80.4 Å². The van der Waals surface area contributed by atoms with Gasteiger partial charge in [0.15, 0.2) is 5.69 Å². The van der Waals surface area contributed by atoms with Crippen LogP contribution in [0.3, 0.4) is 0 Å². The summed E-state index contributed by atoms with van der Waals surface area (Å²) in [7, 11) is 0. The molecular weight excluding hydrogens is 368 g/mol. The van der Waals surface area contributed by atoms with Crippen LogP contribution in [0.1, 0.15) is 33.2 Å². The molecule has 1 N–H and O–H groups in total. The third kappa shape index (κ3) is 3.59. The van der Waals surface area contributed by atoms with Gasteiger partial charge in [0.2, 0.25) is 5.76 Å². The molecule has 0 unspecified atom stereocenters. The molecule has 0 saturated carbocycles. The van der Waals surface area contributed by atoms with Gasteiger partial charge in [0.05, 0.1) is 23.5 Å². The van der Waals surface area contributed by atoms with Crippen molar-refractivity contribution < 1.29 is 14.0 Å². The summed E-state index contributed by atoms with van der Waals surface area (Å²) in [6.07, 6.45) is 2.11. The van der Waals surface area contributed by atoms with Crippen molar-refractivity contribution in [3.05, 3.63) is 70.9 Å². The number of halogens is 1. The SMILES string of the molecule is O=C(Nc1ccccc1)c1cc2n(n1)CCCN(C(=O)c1occc1Cl)C2. The fourth-order valence-electron chi connectivity index (χ4n) is 3.05. The van der Waals surface area contributed by atoms with Gasteiger partial charge in [-0.3, -0.25) is 14.3 Å². The second-order valence-corrected chi connectivity index (χ2v) is 6.65. The summed E-state index contributed by atoms with van der Waals surface area (Å²) in [4.78, 5) is 26.8. The number of aromatic nitrogens is 2. The molecule has 0 spiro atoms. The lowest BCUT2D eigenvalue weighted by Gasteiger charge is -2.18. The van der Waals surface area contributed by atoms with Crippen LogP contribution in [0.5, 0.6) is 0 Å². The number of aryl methyl sites for hydroxylation is 1. The quantitative estimate of drug-likeness (QED) is 0.750. The van der Waals surface area contributed by atoms with Crippen LogP contribution in [0.25, 0.3) is 0 Å². The zero-order valence-electron chi connectivity index (χ0n) is 14.4. The van der Waals surface area contributed by atoms with Crippen LogP contribution in [-0.4, -0.2) is 33.0 Å². The molecule has 1 aromatic carbocycles. The van der Waals surface area contributed by atoms with E-state index in [1.165, 1.54) is 6.26 Å². The van der Waals surface area contributed by atoms with Crippen molar-refractivity contribution in [3.63, 3.8) is 0 Å². The van der Waals surface area contributed by atoms with Gasteiger partial charge in [-0.2, -0.15) is 5.10 Å². The van der Waals surface area contributed by atoms with Gasteiger partial charge in [0.25, 0.3) is 11.8 Å². The van der Waals surface area contributed by atoms with Crippen LogP contribution in [0, 0.1) is 0 Å². The number of rotatable bonds is 3. The number of carbonyl (C=O) groups is 2. The van der Waals surface area contributed by atoms with Gasteiger partial charge in [-0.15, -0.1) is 0 Å². The molecule has 3 heterocycles. The Morgan fingerprint density at radius 2 is 1.96 bits per heavy atom. The molecular formula is C19H17ClN4O3. The Kier molecular flexibility index (Phi) is 4.68. The zero-order valence-corrected chi connectivity index (χ0v) is 15.1. The van der Waals surface area contributed by atoms with E-state index in [1.54, 1.807) is 21.7 Å². The first kappa shape index (κ1) is 17.4. The molecule has 0 fully saturated rings. The monoisotopic (exact) mass is 384 g/mol. The van der Waals surface area contributed by atoms with Gasteiger partial charge >= 0.3 is 0 Å². The maximum absolute atomic E-state index is 12.7. The second-order valence-electron chi connectivity index (χ2n) is 6.24. The standard InChI is InChI=1S/C19H17ClN4O3/c20-15-7-10-27-17(15)19(26)23-8-4-9-24-14(12-23)11-16(22-24)18(25)21-13-5-2-1-3-6-13/h1-3,5-7,10-11H,4,8-9,12H2,(H,21,25). The van der Waals surface area contributed by atoms with Gasteiger partial charge in [-0.25, -0.2) is 0 Å². The minimum atomic E-state index is -0.284. The van der Waals surface area contributed by atoms with Crippen LogP contribution >= 0.6 is 11.6 Å². The number of hydrogen-bond donors (Lipinski definition) is 1. The molecule has 27 heavy (non-hydrogen) atoms. The van der Waals surface area contributed by atoms with Crippen molar-refractivity contribution in [1.82, 2.24) is 14.7 Å². The molecule has 138 valence electrons. The molecule has 0 bridgehead atoms. The van der Waals surface area contributed by atoms with Crippen LogP contribution in [-0.2, 0) is 13.1 Å². The van der Waals surface area contributed by atoms with Gasteiger partial charge in [-0.1, -0.05) is 29.8 Å². The van der Waals surface area contributed by atoms with Gasteiger partial charge in [0.1, 0.15) is 0 Å². The van der Waals surface area contributed by atoms with Crippen molar-refractivity contribution in [3.8, 4) is 0 Å². The van der Waals surface area contributed by atoms with Crippen molar-refractivity contribution >= 4 is 29.1 Å². The van der Waals surface area contributed by atoms with Crippen molar-refractivity contribution in [2.24, 2.45) is 0 Å². The molecule has 7 nitrogen and oxygen atoms in total. The summed E-state index contributed by atoms with van der Waals surface area (Å²) < 4.78 is 6.98. The summed E-state index contributed by atoms with van der Waals surface area (Å²) in [5.74, 6) is -0.421. The normalized spacial score (nSPS) is 13.7. The number of nitrogens with one attached hydrogen (secondary N) is 1. The Hall–Kier alpha value is -3.06. The highest BCUT2D eigenvalue weighted by Crippen LogP contribution is 2.22. The zero-order chi connectivity index (χ0) is 18.8. The Bertz CT molecular complexity index is 980. The third-order valence-electron chi connectivity index (χ3n) is 4.38. The van der Waals surface area contributed by atoms with E-state index in [2.05, 4.69) is 10.4 Å². The lowest BCUT2D eigenvalue weighted by Crippen LogP contribution is -2.30. The van der Waals surface area contributed by atoms with E-state index in [4.69, 9.17) is 16.0 Å². The van der Waals surface area contributed by atoms with Crippen LogP contribution in [0.2, 0.25) is 5.02 Å². The molecule has 1 aliphatic rings. The Morgan fingerprint density at radius 1 is 1.15 bits per heavy atom. The Balaban J connectivity index is 1.52. The first-order valence-corrected chi connectivity index (χ1v) is 8.95. The predicted octanol–water partition coefficient (Wildman–Crippen LogP) is 3.43. The van der Waals surface area contributed by atoms with E-state index in [9.17, 15) is 9.59 Å². The molecule has 0 saturated heterocycles. The number of amides is 2. The molecule has 0 aliphatic carbocycles. The summed E-state index contributed by atoms with van der Waals surface area (Å²) in [5.41, 5.74) is 1.82. The minimum absolute atomic E-state index is 0.131. The van der Waals surface area contributed by atoms with E-state index in [0.29, 0.717) is 36.0 Å². The summed E-state index contributed by atoms with van der Waals surface area (Å²) in [5, 5.41) is 7.51. The third-order valence-corrected chi connectivity index (χ3v) is 4.67. The molecule has 0 radical (unpaired) electrons. The summed E-state index contributed by atoms with van der Waals surface area (Å²) >= 11 is 6.01. The number of fused-ring (bicyclic) bond motifs is 1. The number of nitrogens with zero attached hydrogens (tertiary/aromatic N) is 3. The molecule has 0 atom stereocenters. The maximum atomic E-state index is 12.7. The largest absolute Gasteiger partial charge is 0.458 e. The lowest BCUT2D eigenvalue weighted by molar-refractivity contribution is 0.0713. The van der Waals surface area contributed by atoms with Crippen molar-refractivity contribution in [2.75, 3.05) is 11.9 Å². The van der Waals surface area contributed by atoms with E-state index >= 15 is 0 Å². The first-order chi connectivity index (χ1) is 13.1. The molecule has 2 amide bonds. The summed E-state index contributed by atoms with van der Waals surface area (Å²) in [6.45, 7) is 1.52. The van der Waals surface area contributed by atoms with Crippen LogP contribution < -0.4 is 5.32 Å². The maximum Gasteiger partial charge on any atom is 0.291 e. The number of hydrogen-bond acceptors (Lipinski definition) is 4. The second kappa shape index (κ2) is 7.28. The van der Waals surface area contributed by atoms with E-state index in [1.807, 2.05) is 30.3 Å². The van der Waals surface area contributed by atoms with E-state index in [0.717, 1.165) is 12.1 Å². The number of carbonyl (C=O) groups excluding carboxylic acids is 2. The molecule has 3 aromatic rings. The van der Waals surface area contributed by atoms with Gasteiger partial charge in [-0.05, 0) is 30.7 Å². The smallest absolute Gasteiger partial charge is 0.291 e. The van der Waals surface area contributed by atoms with Gasteiger partial charge in [0, 0.05) is 18.8 Å². The van der Waals surface area contributed by atoms with Gasteiger partial charge < -0.3 is 14.6 Å². The fraction of sp³-hybridized carbons (Fsp3) is 0.211. The molecule has 1 aliphatic heterocycles. The lowest BCUT2D eigenvalue weighted by atomic mass is 10.2. The molecule has 4 rings (SSSR count). The van der Waals surface area contributed by atoms with Crippen LogP contribution in [0.4, 0.5) is 5.69 Å². The first-order valence-electron chi connectivity index (χ1n) is 8.57. The van der Waals surface area contributed by atoms with E-state index in [-0.39, 0.29) is 17.6 Å². The fourth-order valence-corrected chi connectivity index (χ4v) is 3.23. The number of anilines is 1. The highest BCUT2D eigenvalue weighted by atomic mass is 35.5. The Morgan fingerprint density at radius 3 is 2.70 bits per heavy atom. The average Bonchev–Trinajstić information content (AvgIpc) is 3.22. The predicted molar refractivity (Wildman–Crippen MR) is 99.7 cm³/mol. The van der Waals surface area contributed by atoms with E-state index < -0.39 is 0 Å². The number of benzene rings is 1. The number of furan rings is 1. The van der Waals surface area contributed by atoms with Crippen molar-refractivity contribution in [1.29, 1.82) is 0 Å². The van der Waals surface area contributed by atoms with Crippen LogP contribution in [0.15, 0.2) is 53.1 Å². The average molecular weight is 385 g/mol. The molecule has 2 aromatic heterocycles. The number of para-hydroxylation sites is 1. The highest BCUT2D eigenvalue weighted by molar-refractivity contribution is 6.33. The summed E-state index contributed by atoms with van der Waals surface area (Å²) in [6, 6.07) is 12.5.